The third-order valence-corrected chi connectivity index (χ3v) is 12.7. The van der Waals surface area contributed by atoms with Crippen molar-refractivity contribution in [2.75, 3.05) is 0 Å². The molecule has 5 heteroatoms. The predicted molar refractivity (Wildman–Crippen MR) is 233 cm³/mol. The van der Waals surface area contributed by atoms with Crippen LogP contribution in [0.15, 0.2) is 204 Å². The summed E-state index contributed by atoms with van der Waals surface area (Å²) < 4.78 is 0. The van der Waals surface area contributed by atoms with Crippen molar-refractivity contribution < 1.29 is 0 Å². The second-order valence-corrected chi connectivity index (χ2v) is 15.6. The number of hydrogen-bond donors (Lipinski definition) is 0. The molecule has 9 aromatic rings. The first-order valence-corrected chi connectivity index (χ1v) is 20.1. The maximum atomic E-state index is 9.93. The highest BCUT2D eigenvalue weighted by Gasteiger charge is 2.51. The Morgan fingerprint density at radius 3 is 1.52 bits per heavy atom. The second-order valence-electron chi connectivity index (χ2n) is 14.6. The lowest BCUT2D eigenvalue weighted by molar-refractivity contribution is 0.723. The molecule has 0 saturated heterocycles. The van der Waals surface area contributed by atoms with Crippen molar-refractivity contribution in [1.29, 1.82) is 5.26 Å². The van der Waals surface area contributed by atoms with Gasteiger partial charge in [-0.2, -0.15) is 5.26 Å². The molecule has 1 aliphatic heterocycles. The van der Waals surface area contributed by atoms with Crippen molar-refractivity contribution in [2.24, 2.45) is 0 Å². The lowest BCUT2D eigenvalue weighted by Crippen LogP contribution is -2.32. The Morgan fingerprint density at radius 1 is 0.362 bits per heavy atom. The first kappa shape index (κ1) is 33.9. The fourth-order valence-electron chi connectivity index (χ4n) is 8.92. The molecule has 270 valence electrons. The number of nitrogens with zero attached hydrogens (tertiary/aromatic N) is 4. The van der Waals surface area contributed by atoms with Crippen molar-refractivity contribution >= 4 is 11.8 Å². The molecular formula is C53H32N4S. The van der Waals surface area contributed by atoms with Crippen LogP contribution in [-0.4, -0.2) is 15.0 Å². The van der Waals surface area contributed by atoms with Crippen LogP contribution in [0.1, 0.15) is 27.8 Å². The standard InChI is InChI=1S/C53H32N4S/c54-33-34-15-11-21-38(31-34)40-25-13-29-46-48(40)58-49-43(26-14-30-47(49)53(46)44-27-9-7-23-41(44)42-24-8-10-28-45(42)53)52-56-50(36-18-5-2-6-19-36)55-51(57-52)39-22-12-20-37(32-39)35-16-3-1-4-17-35/h1-32H. The molecule has 0 atom stereocenters. The lowest BCUT2D eigenvalue weighted by Gasteiger charge is -2.41. The summed E-state index contributed by atoms with van der Waals surface area (Å²) in [4.78, 5) is 18.0. The topological polar surface area (TPSA) is 62.5 Å². The molecule has 58 heavy (non-hydrogen) atoms. The Labute approximate surface area is 341 Å². The van der Waals surface area contributed by atoms with E-state index >= 15 is 0 Å². The molecule has 0 unspecified atom stereocenters. The van der Waals surface area contributed by atoms with Crippen LogP contribution < -0.4 is 0 Å². The molecule has 1 aliphatic carbocycles. The largest absolute Gasteiger partial charge is 0.208 e. The minimum absolute atomic E-state index is 0.612. The SMILES string of the molecule is N#Cc1cccc(-c2cccc3c2Sc2c(-c4nc(-c5ccccc5)nc(-c5cccc(-c6ccccc6)c5)n4)cccc2C32c3ccccc3-c3ccccc32)c1. The summed E-state index contributed by atoms with van der Waals surface area (Å²) in [5, 5.41) is 9.93. The van der Waals surface area contributed by atoms with E-state index in [-0.39, 0.29) is 0 Å². The minimum Gasteiger partial charge on any atom is -0.208 e. The third kappa shape index (κ3) is 5.27. The Bertz CT molecular complexity index is 3070. The Hall–Kier alpha value is -7.39. The van der Waals surface area contributed by atoms with Crippen LogP contribution in [0.2, 0.25) is 0 Å². The van der Waals surface area contributed by atoms with Gasteiger partial charge < -0.3 is 0 Å². The summed E-state index contributed by atoms with van der Waals surface area (Å²) >= 11 is 1.77. The number of fused-ring (bicyclic) bond motifs is 9. The Morgan fingerprint density at radius 2 is 0.828 bits per heavy atom. The zero-order valence-electron chi connectivity index (χ0n) is 31.2. The van der Waals surface area contributed by atoms with Gasteiger partial charge in [0.2, 0.25) is 0 Å². The van der Waals surface area contributed by atoms with Gasteiger partial charge in [0.25, 0.3) is 0 Å². The molecule has 1 aromatic heterocycles. The van der Waals surface area contributed by atoms with Crippen LogP contribution in [-0.2, 0) is 5.41 Å². The highest BCUT2D eigenvalue weighted by molar-refractivity contribution is 7.99. The molecule has 1 spiro atoms. The van der Waals surface area contributed by atoms with E-state index in [2.05, 4.69) is 158 Å². The Kier molecular flexibility index (Phi) is 7.99. The summed E-state index contributed by atoms with van der Waals surface area (Å²) in [5.41, 5.74) is 14.5. The monoisotopic (exact) mass is 756 g/mol. The zero-order valence-corrected chi connectivity index (χ0v) is 32.0. The van der Waals surface area contributed by atoms with Crippen LogP contribution in [0.25, 0.3) is 67.5 Å². The number of benzene rings is 8. The molecule has 11 rings (SSSR count). The lowest BCUT2D eigenvalue weighted by atomic mass is 9.66. The zero-order chi connectivity index (χ0) is 38.6. The first-order valence-electron chi connectivity index (χ1n) is 19.3. The van der Waals surface area contributed by atoms with Crippen LogP contribution in [0.4, 0.5) is 0 Å². The highest BCUT2D eigenvalue weighted by Crippen LogP contribution is 2.64. The van der Waals surface area contributed by atoms with Gasteiger partial charge in [-0.3, -0.25) is 0 Å². The smallest absolute Gasteiger partial charge is 0.165 e. The highest BCUT2D eigenvalue weighted by atomic mass is 32.2. The first-order chi connectivity index (χ1) is 28.7. The fraction of sp³-hybridized carbons (Fsp3) is 0.0189. The van der Waals surface area contributed by atoms with Gasteiger partial charge in [-0.05, 0) is 73.8 Å². The molecule has 2 heterocycles. The molecule has 0 N–H and O–H groups in total. The summed E-state index contributed by atoms with van der Waals surface area (Å²) in [6, 6.07) is 70.2. The van der Waals surface area contributed by atoms with Gasteiger partial charge >= 0.3 is 0 Å². The van der Waals surface area contributed by atoms with Gasteiger partial charge in [0.1, 0.15) is 0 Å². The maximum Gasteiger partial charge on any atom is 0.165 e. The molecule has 0 bridgehead atoms. The number of hydrogen-bond acceptors (Lipinski definition) is 5. The van der Waals surface area contributed by atoms with Gasteiger partial charge in [0, 0.05) is 26.5 Å². The molecule has 4 nitrogen and oxygen atoms in total. The van der Waals surface area contributed by atoms with E-state index in [1.165, 1.54) is 33.4 Å². The van der Waals surface area contributed by atoms with E-state index in [9.17, 15) is 5.26 Å². The van der Waals surface area contributed by atoms with Crippen LogP contribution in [0.3, 0.4) is 0 Å². The van der Waals surface area contributed by atoms with E-state index in [4.69, 9.17) is 15.0 Å². The Balaban J connectivity index is 1.20. The average Bonchev–Trinajstić information content (AvgIpc) is 3.60. The van der Waals surface area contributed by atoms with Crippen molar-refractivity contribution in [1.82, 2.24) is 15.0 Å². The van der Waals surface area contributed by atoms with Gasteiger partial charge in [-0.15, -0.1) is 0 Å². The number of rotatable bonds is 5. The second kappa shape index (κ2) is 13.7. The van der Waals surface area contributed by atoms with Crippen LogP contribution >= 0.6 is 11.8 Å². The molecule has 0 saturated carbocycles. The molecule has 2 aliphatic rings. The summed E-state index contributed by atoms with van der Waals surface area (Å²) in [6.07, 6.45) is 0. The summed E-state index contributed by atoms with van der Waals surface area (Å²) in [5.74, 6) is 1.84. The maximum absolute atomic E-state index is 9.93. The summed E-state index contributed by atoms with van der Waals surface area (Å²) in [7, 11) is 0. The average molecular weight is 757 g/mol. The van der Waals surface area contributed by atoms with E-state index < -0.39 is 5.41 Å². The van der Waals surface area contributed by atoms with Crippen molar-refractivity contribution in [3.63, 3.8) is 0 Å². The molecular weight excluding hydrogens is 725 g/mol. The van der Waals surface area contributed by atoms with Gasteiger partial charge in [-0.25, -0.2) is 15.0 Å². The van der Waals surface area contributed by atoms with E-state index in [1.807, 2.05) is 42.5 Å². The normalized spacial score (nSPS) is 12.9. The van der Waals surface area contributed by atoms with E-state index in [0.717, 1.165) is 48.7 Å². The fourth-order valence-corrected chi connectivity index (χ4v) is 10.3. The predicted octanol–water partition coefficient (Wildman–Crippen LogP) is 12.9. The van der Waals surface area contributed by atoms with Crippen molar-refractivity contribution in [3.8, 4) is 73.6 Å². The molecule has 8 aromatic carbocycles. The van der Waals surface area contributed by atoms with Crippen LogP contribution in [0.5, 0.6) is 0 Å². The van der Waals surface area contributed by atoms with E-state index in [0.29, 0.717) is 23.0 Å². The van der Waals surface area contributed by atoms with Crippen molar-refractivity contribution in [2.45, 2.75) is 15.2 Å². The number of aromatic nitrogens is 3. The third-order valence-electron chi connectivity index (χ3n) is 11.4. The minimum atomic E-state index is -0.621. The quantitative estimate of drug-likeness (QED) is 0.175. The molecule has 0 amide bonds. The van der Waals surface area contributed by atoms with Gasteiger partial charge in [0.05, 0.1) is 17.0 Å². The molecule has 0 radical (unpaired) electrons. The van der Waals surface area contributed by atoms with Gasteiger partial charge in [0.15, 0.2) is 17.5 Å². The van der Waals surface area contributed by atoms with E-state index in [1.54, 1.807) is 11.8 Å². The summed E-state index contributed by atoms with van der Waals surface area (Å²) in [6.45, 7) is 0. The van der Waals surface area contributed by atoms with Crippen LogP contribution in [0, 0.1) is 11.3 Å². The van der Waals surface area contributed by atoms with Crippen molar-refractivity contribution in [3.05, 3.63) is 222 Å². The molecule has 0 fully saturated rings. The number of nitriles is 1. The van der Waals surface area contributed by atoms with Gasteiger partial charge in [-0.1, -0.05) is 188 Å².